The van der Waals surface area contributed by atoms with E-state index in [9.17, 15) is 4.79 Å². The Hall–Kier alpha value is -1.63. The molecule has 0 aromatic heterocycles. The van der Waals surface area contributed by atoms with Gasteiger partial charge in [0.05, 0.1) is 0 Å². The van der Waals surface area contributed by atoms with Gasteiger partial charge in [0.1, 0.15) is 0 Å². The van der Waals surface area contributed by atoms with Crippen LogP contribution in [0.25, 0.3) is 0 Å². The van der Waals surface area contributed by atoms with Gasteiger partial charge >= 0.3 is 11.9 Å². The highest BCUT2D eigenvalue weighted by atomic mass is 16.4. The number of hydrogen-bond acceptors (Lipinski definition) is 4. The van der Waals surface area contributed by atoms with E-state index in [0.29, 0.717) is 19.0 Å². The van der Waals surface area contributed by atoms with Crippen LogP contribution in [-0.4, -0.2) is 53.1 Å². The van der Waals surface area contributed by atoms with Gasteiger partial charge in [0.25, 0.3) is 0 Å². The van der Waals surface area contributed by atoms with E-state index >= 15 is 0 Å². The number of nitrogens with two attached hydrogens (primary N) is 1. The van der Waals surface area contributed by atoms with Gasteiger partial charge in [-0.1, -0.05) is 0 Å². The summed E-state index contributed by atoms with van der Waals surface area (Å²) in [7, 11) is 1.81. The Bertz CT molecular complexity index is 263. The molecule has 1 rings (SSSR count). The normalized spacial score (nSPS) is 13.4. The zero-order valence-corrected chi connectivity index (χ0v) is 9.05. The number of amides is 1. The molecule has 1 amide bonds. The molecule has 92 valence electrons. The number of rotatable bonds is 3. The zero-order valence-electron chi connectivity index (χ0n) is 9.05. The van der Waals surface area contributed by atoms with Crippen LogP contribution in [0.15, 0.2) is 0 Å². The van der Waals surface area contributed by atoms with Crippen molar-refractivity contribution in [1.82, 2.24) is 4.90 Å². The monoisotopic (exact) mass is 232 g/mol. The number of hydrogen-bond donors (Lipinski definition) is 3. The van der Waals surface area contributed by atoms with E-state index in [1.165, 1.54) is 0 Å². The minimum absolute atomic E-state index is 0.269. The third-order valence-electron chi connectivity index (χ3n) is 1.95. The minimum atomic E-state index is -1.82. The number of likely N-dealkylation sites (N-methyl/N-ethyl adjacent to an activating group) is 1. The maximum absolute atomic E-state index is 11.2. The standard InChI is InChI=1S/C7H14N2O.C2H2O4/c1-9(5-4-8)7(10)6-2-3-6;3-1(4)2(5)6/h6H,2-5,8H2,1H3;(H,3,4)(H,5,6). The molecule has 0 saturated heterocycles. The van der Waals surface area contributed by atoms with Crippen molar-refractivity contribution in [2.75, 3.05) is 20.1 Å². The summed E-state index contributed by atoms with van der Waals surface area (Å²) in [4.78, 5) is 31.1. The lowest BCUT2D eigenvalue weighted by atomic mass is 10.3. The van der Waals surface area contributed by atoms with E-state index in [4.69, 9.17) is 25.5 Å². The van der Waals surface area contributed by atoms with Crippen molar-refractivity contribution < 1.29 is 24.6 Å². The third kappa shape index (κ3) is 5.97. The first-order chi connectivity index (χ1) is 7.40. The summed E-state index contributed by atoms with van der Waals surface area (Å²) in [6.45, 7) is 1.25. The first kappa shape index (κ1) is 14.4. The van der Waals surface area contributed by atoms with E-state index in [2.05, 4.69) is 0 Å². The van der Waals surface area contributed by atoms with Crippen molar-refractivity contribution in [3.05, 3.63) is 0 Å². The lowest BCUT2D eigenvalue weighted by molar-refractivity contribution is -0.159. The third-order valence-corrected chi connectivity index (χ3v) is 1.95. The Balaban J connectivity index is 0.000000325. The van der Waals surface area contributed by atoms with Crippen molar-refractivity contribution in [3.8, 4) is 0 Å². The summed E-state index contributed by atoms with van der Waals surface area (Å²) in [6, 6.07) is 0. The van der Waals surface area contributed by atoms with Crippen molar-refractivity contribution in [3.63, 3.8) is 0 Å². The predicted molar refractivity (Wildman–Crippen MR) is 54.7 cm³/mol. The molecule has 0 bridgehead atoms. The summed E-state index contributed by atoms with van der Waals surface area (Å²) < 4.78 is 0. The number of carbonyl (C=O) groups is 3. The minimum Gasteiger partial charge on any atom is -0.473 e. The van der Waals surface area contributed by atoms with Crippen LogP contribution in [-0.2, 0) is 14.4 Å². The van der Waals surface area contributed by atoms with Gasteiger partial charge < -0.3 is 20.8 Å². The van der Waals surface area contributed by atoms with Gasteiger partial charge in [-0.2, -0.15) is 0 Å². The molecule has 16 heavy (non-hydrogen) atoms. The maximum atomic E-state index is 11.2. The summed E-state index contributed by atoms with van der Waals surface area (Å²) in [5, 5.41) is 14.8. The average molecular weight is 232 g/mol. The Morgan fingerprint density at radius 2 is 1.69 bits per heavy atom. The summed E-state index contributed by atoms with van der Waals surface area (Å²) in [5.41, 5.74) is 5.29. The molecule has 0 aromatic carbocycles. The molecule has 0 spiro atoms. The molecule has 0 heterocycles. The molecule has 0 radical (unpaired) electrons. The second kappa shape index (κ2) is 6.78. The predicted octanol–water partition coefficient (Wildman–Crippen LogP) is -1.03. The summed E-state index contributed by atoms with van der Waals surface area (Å²) in [5.74, 6) is -3.05. The van der Waals surface area contributed by atoms with Gasteiger partial charge in [0.2, 0.25) is 5.91 Å². The van der Waals surface area contributed by atoms with Crippen molar-refractivity contribution in [1.29, 1.82) is 0 Å². The highest BCUT2D eigenvalue weighted by molar-refractivity contribution is 6.27. The topological polar surface area (TPSA) is 121 Å². The lowest BCUT2D eigenvalue weighted by Gasteiger charge is -2.14. The zero-order chi connectivity index (χ0) is 12.7. The number of carbonyl (C=O) groups excluding carboxylic acids is 1. The van der Waals surface area contributed by atoms with Crippen LogP contribution >= 0.6 is 0 Å². The Labute approximate surface area is 92.8 Å². The SMILES string of the molecule is CN(CCN)C(=O)C1CC1.O=C(O)C(=O)O. The lowest BCUT2D eigenvalue weighted by Crippen LogP contribution is -2.32. The van der Waals surface area contributed by atoms with Crippen LogP contribution in [0.2, 0.25) is 0 Å². The maximum Gasteiger partial charge on any atom is 0.414 e. The molecule has 1 aliphatic carbocycles. The number of nitrogens with zero attached hydrogens (tertiary/aromatic N) is 1. The van der Waals surface area contributed by atoms with E-state index in [1.807, 2.05) is 7.05 Å². The second-order valence-electron chi connectivity index (χ2n) is 3.43. The second-order valence-corrected chi connectivity index (χ2v) is 3.43. The van der Waals surface area contributed by atoms with Crippen LogP contribution < -0.4 is 5.73 Å². The van der Waals surface area contributed by atoms with Crippen LogP contribution in [0.5, 0.6) is 0 Å². The fourth-order valence-corrected chi connectivity index (χ4v) is 0.946. The highest BCUT2D eigenvalue weighted by Crippen LogP contribution is 2.30. The Morgan fingerprint density at radius 3 is 1.94 bits per heavy atom. The molecular formula is C9H16N2O5. The van der Waals surface area contributed by atoms with E-state index in [1.54, 1.807) is 4.90 Å². The molecular weight excluding hydrogens is 216 g/mol. The van der Waals surface area contributed by atoms with E-state index < -0.39 is 11.9 Å². The number of carboxylic acid groups (broad SMARTS) is 2. The van der Waals surface area contributed by atoms with Gasteiger partial charge in [-0.15, -0.1) is 0 Å². The Morgan fingerprint density at radius 1 is 1.25 bits per heavy atom. The van der Waals surface area contributed by atoms with Gasteiger partial charge in [-0.05, 0) is 12.8 Å². The van der Waals surface area contributed by atoms with Gasteiger partial charge in [0, 0.05) is 26.1 Å². The molecule has 0 atom stereocenters. The highest BCUT2D eigenvalue weighted by Gasteiger charge is 2.31. The molecule has 0 aromatic rings. The smallest absolute Gasteiger partial charge is 0.414 e. The molecule has 1 fully saturated rings. The van der Waals surface area contributed by atoms with Crippen molar-refractivity contribution in [2.24, 2.45) is 11.7 Å². The molecule has 0 unspecified atom stereocenters. The quantitative estimate of drug-likeness (QED) is 0.535. The fraction of sp³-hybridized carbons (Fsp3) is 0.667. The molecule has 1 saturated carbocycles. The molecule has 7 nitrogen and oxygen atoms in total. The molecule has 4 N–H and O–H groups in total. The first-order valence-corrected chi connectivity index (χ1v) is 4.81. The van der Waals surface area contributed by atoms with Gasteiger partial charge in [-0.25, -0.2) is 9.59 Å². The molecule has 7 heteroatoms. The van der Waals surface area contributed by atoms with Crippen LogP contribution in [0, 0.1) is 5.92 Å². The number of aliphatic carboxylic acids is 2. The largest absolute Gasteiger partial charge is 0.473 e. The van der Waals surface area contributed by atoms with Crippen LogP contribution in [0.3, 0.4) is 0 Å². The number of carboxylic acids is 2. The average Bonchev–Trinajstić information content (AvgIpc) is 3.01. The summed E-state index contributed by atoms with van der Waals surface area (Å²) in [6.07, 6.45) is 2.15. The molecule has 0 aliphatic heterocycles. The first-order valence-electron chi connectivity index (χ1n) is 4.81. The van der Waals surface area contributed by atoms with Crippen molar-refractivity contribution in [2.45, 2.75) is 12.8 Å². The van der Waals surface area contributed by atoms with Gasteiger partial charge in [0.15, 0.2) is 0 Å². The van der Waals surface area contributed by atoms with E-state index in [0.717, 1.165) is 12.8 Å². The Kier molecular flexibility index (Phi) is 6.09. The fourth-order valence-electron chi connectivity index (χ4n) is 0.946. The van der Waals surface area contributed by atoms with Crippen LogP contribution in [0.4, 0.5) is 0 Å². The van der Waals surface area contributed by atoms with Crippen molar-refractivity contribution >= 4 is 17.8 Å². The van der Waals surface area contributed by atoms with Gasteiger partial charge in [-0.3, -0.25) is 4.79 Å². The summed E-state index contributed by atoms with van der Waals surface area (Å²) >= 11 is 0. The molecule has 1 aliphatic rings. The van der Waals surface area contributed by atoms with E-state index in [-0.39, 0.29) is 5.91 Å². The van der Waals surface area contributed by atoms with Crippen LogP contribution in [0.1, 0.15) is 12.8 Å².